The third-order valence-corrected chi connectivity index (χ3v) is 8.78. The number of aromatic nitrogens is 4. The van der Waals surface area contributed by atoms with E-state index in [1.165, 1.54) is 43.7 Å². The number of fused-ring (bicyclic) bond motifs is 4. The Bertz CT molecular complexity index is 2510. The predicted octanol–water partition coefficient (Wildman–Crippen LogP) is 10.5. The van der Waals surface area contributed by atoms with E-state index in [9.17, 15) is 0 Å². The van der Waals surface area contributed by atoms with Gasteiger partial charge >= 0.3 is 0 Å². The Morgan fingerprint density at radius 3 is 1.80 bits per heavy atom. The summed E-state index contributed by atoms with van der Waals surface area (Å²) in [5, 5.41) is 9.95. The van der Waals surface area contributed by atoms with Gasteiger partial charge in [-0.25, -0.2) is 9.67 Å². The second-order valence-corrected chi connectivity index (χ2v) is 11.6. The maximum atomic E-state index is 4.98. The monoisotopic (exact) mass is 588 g/mol. The van der Waals surface area contributed by atoms with E-state index in [1.807, 2.05) is 53.2 Å². The van der Waals surface area contributed by atoms with Crippen molar-refractivity contribution in [1.29, 1.82) is 0 Å². The van der Waals surface area contributed by atoms with Gasteiger partial charge in [0.1, 0.15) is 0 Å². The van der Waals surface area contributed by atoms with Crippen molar-refractivity contribution in [3.05, 3.63) is 170 Å². The third kappa shape index (κ3) is 4.39. The zero-order valence-electron chi connectivity index (χ0n) is 25.0. The Balaban J connectivity index is 1.15. The largest absolute Gasteiger partial charge is 0.309 e. The molecule has 0 aliphatic heterocycles. The van der Waals surface area contributed by atoms with E-state index in [0.717, 1.165) is 28.3 Å². The summed E-state index contributed by atoms with van der Waals surface area (Å²) < 4.78 is 4.30. The summed E-state index contributed by atoms with van der Waals surface area (Å²) in [4.78, 5) is 4.98. The highest BCUT2D eigenvalue weighted by Crippen LogP contribution is 2.36. The molecule has 0 spiro atoms. The fourth-order valence-electron chi connectivity index (χ4n) is 6.52. The van der Waals surface area contributed by atoms with Crippen LogP contribution in [0.4, 0.5) is 0 Å². The standard InChI is InChI=1S/C42H28N4/c1-3-12-30(13-4-1)41-43-42(31-14-5-2-6-15-31)46(44-41)36-24-22-35(23-25-36)45-39-18-10-9-17-37(39)38-28-34(21-26-40(38)45)33-20-19-29-11-7-8-16-32(29)27-33/h1-28H. The number of hydrogen-bond donors (Lipinski definition) is 0. The molecule has 2 aromatic heterocycles. The summed E-state index contributed by atoms with van der Waals surface area (Å²) in [6.07, 6.45) is 0. The SMILES string of the molecule is c1ccc(-c2nc(-c3ccccc3)n(-c3ccc(-n4c5ccccc5c5cc(-c6ccc7ccccc7c6)ccc54)cc3)n2)cc1. The average molecular weight is 589 g/mol. The van der Waals surface area contributed by atoms with E-state index < -0.39 is 0 Å². The molecular formula is C42H28N4. The van der Waals surface area contributed by atoms with Gasteiger partial charge in [-0.05, 0) is 70.4 Å². The van der Waals surface area contributed by atoms with Crippen molar-refractivity contribution in [1.82, 2.24) is 19.3 Å². The van der Waals surface area contributed by atoms with E-state index in [1.54, 1.807) is 0 Å². The van der Waals surface area contributed by atoms with Crippen molar-refractivity contribution in [2.45, 2.75) is 0 Å². The highest BCUT2D eigenvalue weighted by Gasteiger charge is 2.17. The molecular weight excluding hydrogens is 560 g/mol. The Morgan fingerprint density at radius 1 is 0.391 bits per heavy atom. The Morgan fingerprint density at radius 2 is 1.00 bits per heavy atom. The Kier molecular flexibility index (Phi) is 6.10. The highest BCUT2D eigenvalue weighted by atomic mass is 15.4. The molecule has 2 heterocycles. The van der Waals surface area contributed by atoms with Crippen LogP contribution in [0, 0.1) is 0 Å². The molecule has 0 aliphatic rings. The molecule has 4 heteroatoms. The van der Waals surface area contributed by atoms with E-state index in [4.69, 9.17) is 10.1 Å². The lowest BCUT2D eigenvalue weighted by atomic mass is 9.99. The van der Waals surface area contributed by atoms with Gasteiger partial charge < -0.3 is 4.57 Å². The fourth-order valence-corrected chi connectivity index (χ4v) is 6.52. The molecule has 46 heavy (non-hydrogen) atoms. The topological polar surface area (TPSA) is 35.6 Å². The van der Waals surface area contributed by atoms with Crippen LogP contribution in [0.1, 0.15) is 0 Å². The first-order valence-electron chi connectivity index (χ1n) is 15.5. The van der Waals surface area contributed by atoms with Gasteiger partial charge in [-0.15, -0.1) is 5.10 Å². The molecule has 0 unspecified atom stereocenters. The van der Waals surface area contributed by atoms with Crippen LogP contribution in [-0.4, -0.2) is 19.3 Å². The molecule has 0 radical (unpaired) electrons. The number of rotatable bonds is 5. The first-order chi connectivity index (χ1) is 22.8. The summed E-state index contributed by atoms with van der Waals surface area (Å²) >= 11 is 0. The lowest BCUT2D eigenvalue weighted by Crippen LogP contribution is -2.01. The van der Waals surface area contributed by atoms with Crippen LogP contribution < -0.4 is 0 Å². The van der Waals surface area contributed by atoms with Crippen LogP contribution in [-0.2, 0) is 0 Å². The van der Waals surface area contributed by atoms with Crippen molar-refractivity contribution in [3.8, 4) is 45.3 Å². The van der Waals surface area contributed by atoms with Crippen molar-refractivity contribution in [3.63, 3.8) is 0 Å². The maximum Gasteiger partial charge on any atom is 0.182 e. The summed E-state index contributed by atoms with van der Waals surface area (Å²) in [6.45, 7) is 0. The van der Waals surface area contributed by atoms with Crippen LogP contribution >= 0.6 is 0 Å². The van der Waals surface area contributed by atoms with E-state index in [2.05, 4.69) is 126 Å². The summed E-state index contributed by atoms with van der Waals surface area (Å²) in [6, 6.07) is 59.7. The van der Waals surface area contributed by atoms with Gasteiger partial charge in [-0.2, -0.15) is 0 Å². The summed E-state index contributed by atoms with van der Waals surface area (Å²) in [5.74, 6) is 1.51. The maximum absolute atomic E-state index is 4.98. The van der Waals surface area contributed by atoms with Gasteiger partial charge in [0, 0.05) is 27.6 Å². The summed E-state index contributed by atoms with van der Waals surface area (Å²) in [5.41, 5.74) is 8.85. The number of hydrogen-bond acceptors (Lipinski definition) is 2. The van der Waals surface area contributed by atoms with Crippen LogP contribution in [0.3, 0.4) is 0 Å². The van der Waals surface area contributed by atoms with Gasteiger partial charge in [0.25, 0.3) is 0 Å². The van der Waals surface area contributed by atoms with E-state index >= 15 is 0 Å². The molecule has 216 valence electrons. The molecule has 4 nitrogen and oxygen atoms in total. The smallest absolute Gasteiger partial charge is 0.182 e. The van der Waals surface area contributed by atoms with Crippen LogP contribution in [0.25, 0.3) is 77.9 Å². The molecule has 0 saturated carbocycles. The van der Waals surface area contributed by atoms with Crippen LogP contribution in [0.15, 0.2) is 170 Å². The van der Waals surface area contributed by atoms with Crippen molar-refractivity contribution in [2.24, 2.45) is 0 Å². The lowest BCUT2D eigenvalue weighted by Gasteiger charge is -2.11. The normalized spacial score (nSPS) is 11.5. The van der Waals surface area contributed by atoms with E-state index in [0.29, 0.717) is 5.82 Å². The predicted molar refractivity (Wildman–Crippen MR) is 190 cm³/mol. The number of para-hydroxylation sites is 1. The molecule has 0 amide bonds. The van der Waals surface area contributed by atoms with Gasteiger partial charge in [0.15, 0.2) is 11.6 Å². The second-order valence-electron chi connectivity index (χ2n) is 11.6. The Hall–Kier alpha value is -6.26. The van der Waals surface area contributed by atoms with Gasteiger partial charge in [0.05, 0.1) is 16.7 Å². The zero-order chi connectivity index (χ0) is 30.5. The molecule has 0 atom stereocenters. The third-order valence-electron chi connectivity index (χ3n) is 8.78. The minimum absolute atomic E-state index is 0.702. The molecule has 0 N–H and O–H groups in total. The van der Waals surface area contributed by atoms with Crippen molar-refractivity contribution >= 4 is 32.6 Å². The van der Waals surface area contributed by atoms with Gasteiger partial charge in [0.2, 0.25) is 0 Å². The minimum atomic E-state index is 0.702. The van der Waals surface area contributed by atoms with Gasteiger partial charge in [-0.1, -0.05) is 121 Å². The summed E-state index contributed by atoms with van der Waals surface area (Å²) in [7, 11) is 0. The van der Waals surface area contributed by atoms with Crippen molar-refractivity contribution in [2.75, 3.05) is 0 Å². The number of benzene rings is 7. The van der Waals surface area contributed by atoms with Crippen molar-refractivity contribution < 1.29 is 0 Å². The molecule has 9 aromatic rings. The zero-order valence-corrected chi connectivity index (χ0v) is 25.0. The minimum Gasteiger partial charge on any atom is -0.309 e. The van der Waals surface area contributed by atoms with E-state index in [-0.39, 0.29) is 0 Å². The Labute approximate surface area is 266 Å². The quantitative estimate of drug-likeness (QED) is 0.200. The average Bonchev–Trinajstić information content (AvgIpc) is 3.72. The first kappa shape index (κ1) is 26.2. The molecule has 0 fully saturated rings. The van der Waals surface area contributed by atoms with Gasteiger partial charge in [-0.3, -0.25) is 0 Å². The van der Waals surface area contributed by atoms with Crippen LogP contribution in [0.5, 0.6) is 0 Å². The van der Waals surface area contributed by atoms with Crippen LogP contribution in [0.2, 0.25) is 0 Å². The number of nitrogens with zero attached hydrogens (tertiary/aromatic N) is 4. The molecule has 7 aromatic carbocycles. The molecule has 9 rings (SSSR count). The molecule has 0 aliphatic carbocycles. The molecule has 0 saturated heterocycles. The molecule has 0 bridgehead atoms. The highest BCUT2D eigenvalue weighted by molar-refractivity contribution is 6.10. The first-order valence-corrected chi connectivity index (χ1v) is 15.5. The fraction of sp³-hybridized carbons (Fsp3) is 0. The second kappa shape index (κ2) is 10.7. The lowest BCUT2D eigenvalue weighted by molar-refractivity contribution is 0.889.